The third-order valence-corrected chi connectivity index (χ3v) is 6.19. The molecule has 0 spiro atoms. The summed E-state index contributed by atoms with van der Waals surface area (Å²) in [5.41, 5.74) is -0.00803. The van der Waals surface area contributed by atoms with Gasteiger partial charge in [0.1, 0.15) is 11.6 Å². The van der Waals surface area contributed by atoms with Gasteiger partial charge in [-0.25, -0.2) is 22.2 Å². The lowest BCUT2D eigenvalue weighted by Gasteiger charge is -2.15. The first-order valence-electron chi connectivity index (χ1n) is 9.13. The fraction of sp³-hybridized carbons (Fsp3) is 0.200. The second-order valence-corrected chi connectivity index (χ2v) is 8.58. The number of halogens is 2. The van der Waals surface area contributed by atoms with Crippen LogP contribution in [-0.2, 0) is 10.0 Å². The maximum atomic E-state index is 15.3. The Bertz CT molecular complexity index is 1370. The molecule has 2 aromatic carbocycles. The van der Waals surface area contributed by atoms with Crippen LogP contribution in [0.15, 0.2) is 36.7 Å². The average molecular weight is 432 g/mol. The van der Waals surface area contributed by atoms with Crippen LogP contribution >= 0.6 is 0 Å². The van der Waals surface area contributed by atoms with Gasteiger partial charge in [-0.3, -0.25) is 9.82 Å². The molecule has 2 heterocycles. The van der Waals surface area contributed by atoms with Gasteiger partial charge in [-0.1, -0.05) is 6.92 Å². The number of sulfonamides is 1. The number of benzene rings is 2. The van der Waals surface area contributed by atoms with Gasteiger partial charge in [-0.2, -0.15) is 5.10 Å². The first-order valence-corrected chi connectivity index (χ1v) is 10.8. The predicted molar refractivity (Wildman–Crippen MR) is 111 cm³/mol. The van der Waals surface area contributed by atoms with Crippen molar-refractivity contribution in [3.63, 3.8) is 0 Å². The van der Waals surface area contributed by atoms with E-state index < -0.39 is 27.2 Å². The fourth-order valence-corrected chi connectivity index (χ4v) is 4.51. The Balaban J connectivity index is 1.93. The van der Waals surface area contributed by atoms with Gasteiger partial charge in [-0.15, -0.1) is 0 Å². The Morgan fingerprint density at radius 2 is 1.97 bits per heavy atom. The number of rotatable bonds is 6. The van der Waals surface area contributed by atoms with Crippen LogP contribution in [0.5, 0.6) is 5.75 Å². The first-order chi connectivity index (χ1) is 14.3. The van der Waals surface area contributed by atoms with E-state index in [1.54, 1.807) is 31.5 Å². The molecule has 0 aliphatic rings. The number of hydrogen-bond acceptors (Lipinski definition) is 5. The van der Waals surface area contributed by atoms with Crippen LogP contribution in [0.4, 0.5) is 14.5 Å². The van der Waals surface area contributed by atoms with Gasteiger partial charge in [0, 0.05) is 22.5 Å². The Hall–Kier alpha value is -3.27. The Kier molecular flexibility index (Phi) is 5.02. The van der Waals surface area contributed by atoms with E-state index in [0.717, 1.165) is 22.9 Å². The van der Waals surface area contributed by atoms with Gasteiger partial charge in [-0.05, 0) is 36.1 Å². The largest absolute Gasteiger partial charge is 0.496 e. The highest BCUT2D eigenvalue weighted by molar-refractivity contribution is 7.92. The van der Waals surface area contributed by atoms with E-state index in [9.17, 15) is 12.8 Å². The van der Waals surface area contributed by atoms with Crippen molar-refractivity contribution in [1.29, 1.82) is 0 Å². The number of pyridine rings is 1. The van der Waals surface area contributed by atoms with Crippen LogP contribution in [0.2, 0.25) is 0 Å². The number of nitrogens with one attached hydrogen (secondary N) is 2. The summed E-state index contributed by atoms with van der Waals surface area (Å²) in [5, 5.41) is 8.83. The van der Waals surface area contributed by atoms with Gasteiger partial charge in [0.15, 0.2) is 11.5 Å². The molecule has 0 fully saturated rings. The molecule has 30 heavy (non-hydrogen) atoms. The van der Waals surface area contributed by atoms with E-state index in [1.165, 1.54) is 7.11 Å². The Morgan fingerprint density at radius 1 is 1.17 bits per heavy atom. The van der Waals surface area contributed by atoms with Gasteiger partial charge < -0.3 is 4.74 Å². The molecule has 0 saturated carbocycles. The fourth-order valence-electron chi connectivity index (χ4n) is 3.38. The number of anilines is 1. The first kappa shape index (κ1) is 20.0. The van der Waals surface area contributed by atoms with E-state index in [1.807, 2.05) is 0 Å². The van der Waals surface area contributed by atoms with Crippen molar-refractivity contribution in [2.75, 3.05) is 17.6 Å². The van der Waals surface area contributed by atoms with Crippen molar-refractivity contribution in [3.05, 3.63) is 48.3 Å². The molecule has 0 amide bonds. The Labute approximate surface area is 171 Å². The zero-order valence-electron chi connectivity index (χ0n) is 16.2. The topological polar surface area (TPSA) is 97.0 Å². The molecule has 2 N–H and O–H groups in total. The summed E-state index contributed by atoms with van der Waals surface area (Å²) in [6.07, 6.45) is 3.52. The van der Waals surface area contributed by atoms with Crippen molar-refractivity contribution in [2.24, 2.45) is 0 Å². The lowest BCUT2D eigenvalue weighted by atomic mass is 9.98. The maximum absolute atomic E-state index is 15.3. The molecule has 156 valence electrons. The van der Waals surface area contributed by atoms with Gasteiger partial charge >= 0.3 is 0 Å². The average Bonchev–Trinajstić information content (AvgIpc) is 3.19. The van der Waals surface area contributed by atoms with Crippen LogP contribution < -0.4 is 9.46 Å². The van der Waals surface area contributed by atoms with Crippen LogP contribution in [-0.4, -0.2) is 36.5 Å². The van der Waals surface area contributed by atoms with Gasteiger partial charge in [0.05, 0.1) is 30.3 Å². The molecule has 0 bridgehead atoms. The number of ether oxygens (including phenoxy) is 1. The number of hydrogen-bond donors (Lipinski definition) is 2. The number of nitrogens with zero attached hydrogens (tertiary/aromatic N) is 2. The summed E-state index contributed by atoms with van der Waals surface area (Å²) in [4.78, 5) is 4.25. The van der Waals surface area contributed by atoms with Gasteiger partial charge in [0.2, 0.25) is 10.0 Å². The molecule has 10 heteroatoms. The zero-order chi connectivity index (χ0) is 21.5. The normalized spacial score (nSPS) is 11.9. The van der Waals surface area contributed by atoms with Crippen molar-refractivity contribution in [3.8, 4) is 16.9 Å². The van der Waals surface area contributed by atoms with Crippen molar-refractivity contribution in [2.45, 2.75) is 13.3 Å². The molecule has 0 aliphatic heterocycles. The van der Waals surface area contributed by atoms with E-state index in [4.69, 9.17) is 4.74 Å². The van der Waals surface area contributed by atoms with E-state index in [2.05, 4.69) is 19.9 Å². The minimum Gasteiger partial charge on any atom is -0.496 e. The van der Waals surface area contributed by atoms with E-state index in [-0.39, 0.29) is 22.8 Å². The van der Waals surface area contributed by atoms with Crippen LogP contribution in [0, 0.1) is 11.6 Å². The summed E-state index contributed by atoms with van der Waals surface area (Å²) >= 11 is 0. The Morgan fingerprint density at radius 3 is 2.70 bits per heavy atom. The number of aromatic amines is 1. The quantitative estimate of drug-likeness (QED) is 0.476. The molecule has 0 radical (unpaired) electrons. The highest BCUT2D eigenvalue weighted by atomic mass is 32.2. The second-order valence-electron chi connectivity index (χ2n) is 6.74. The molecule has 0 saturated heterocycles. The molecular formula is C20H18F2N4O3S. The van der Waals surface area contributed by atoms with Crippen LogP contribution in [0.1, 0.15) is 13.3 Å². The molecular weight excluding hydrogens is 414 g/mol. The van der Waals surface area contributed by atoms with Crippen molar-refractivity contribution in [1.82, 2.24) is 15.2 Å². The van der Waals surface area contributed by atoms with Gasteiger partial charge in [0.25, 0.3) is 0 Å². The molecule has 0 atom stereocenters. The van der Waals surface area contributed by atoms with Crippen molar-refractivity contribution >= 4 is 37.5 Å². The maximum Gasteiger partial charge on any atom is 0.232 e. The summed E-state index contributed by atoms with van der Waals surface area (Å²) in [6, 6.07) is 5.28. The minimum absolute atomic E-state index is 0.140. The van der Waals surface area contributed by atoms with Crippen LogP contribution in [0.25, 0.3) is 32.9 Å². The molecule has 4 aromatic rings. The SMILES string of the molecule is CCCS(=O)(=O)Nc1ccc(F)c(-c2cc3cnc4[nH]ncc4c3cc2OC)c1F. The van der Waals surface area contributed by atoms with E-state index >= 15 is 4.39 Å². The predicted octanol–water partition coefficient (Wildman–Crippen LogP) is 4.22. The highest BCUT2D eigenvalue weighted by Crippen LogP contribution is 2.40. The molecule has 4 rings (SSSR count). The highest BCUT2D eigenvalue weighted by Gasteiger charge is 2.22. The smallest absolute Gasteiger partial charge is 0.232 e. The number of fused-ring (bicyclic) bond motifs is 3. The van der Waals surface area contributed by atoms with E-state index in [0.29, 0.717) is 17.5 Å². The minimum atomic E-state index is -3.75. The summed E-state index contributed by atoms with van der Waals surface area (Å²) < 4.78 is 61.7. The molecule has 0 unspecified atom stereocenters. The third kappa shape index (κ3) is 3.43. The molecule has 2 aromatic heterocycles. The molecule has 0 aliphatic carbocycles. The molecule has 7 nitrogen and oxygen atoms in total. The zero-order valence-corrected chi connectivity index (χ0v) is 17.0. The summed E-state index contributed by atoms with van der Waals surface area (Å²) in [6.45, 7) is 1.69. The lowest BCUT2D eigenvalue weighted by Crippen LogP contribution is -2.17. The number of aromatic nitrogens is 3. The number of H-pyrrole nitrogens is 1. The number of methoxy groups -OCH3 is 1. The summed E-state index contributed by atoms with van der Waals surface area (Å²) in [5.74, 6) is -1.82. The van der Waals surface area contributed by atoms with Crippen LogP contribution in [0.3, 0.4) is 0 Å². The monoisotopic (exact) mass is 432 g/mol. The summed E-state index contributed by atoms with van der Waals surface area (Å²) in [7, 11) is -2.36. The van der Waals surface area contributed by atoms with Crippen molar-refractivity contribution < 1.29 is 21.9 Å². The standard InChI is InChI=1S/C20H18F2N4O3S/c1-3-6-30(27,28)26-16-5-4-15(21)18(19(16)22)13-7-11-9-23-20-14(10-24-25-20)12(11)8-17(13)29-2/h4-5,7-10,26H,3,6H2,1-2H3,(H,23,24,25). The third-order valence-electron chi connectivity index (χ3n) is 4.71. The second kappa shape index (κ2) is 7.52. The lowest BCUT2D eigenvalue weighted by molar-refractivity contribution is 0.416.